The van der Waals surface area contributed by atoms with E-state index >= 15 is 0 Å². The summed E-state index contributed by atoms with van der Waals surface area (Å²) in [6.45, 7) is 27.1. The van der Waals surface area contributed by atoms with Crippen LogP contribution in [0.25, 0.3) is 21.5 Å². The molecule has 16 fully saturated rings. The van der Waals surface area contributed by atoms with Gasteiger partial charge in [0, 0.05) is 47.6 Å². The zero-order valence-corrected chi connectivity index (χ0v) is 82.3. The van der Waals surface area contributed by atoms with Crippen molar-refractivity contribution >= 4 is 21.5 Å². The summed E-state index contributed by atoms with van der Waals surface area (Å²) in [5.74, 6) is 8.50. The van der Waals surface area contributed by atoms with E-state index in [0.717, 1.165) is 209 Å². The highest BCUT2D eigenvalue weighted by Gasteiger charge is 2.41. The van der Waals surface area contributed by atoms with Gasteiger partial charge in [0.2, 0.25) is 0 Å². The van der Waals surface area contributed by atoms with Crippen molar-refractivity contribution < 1.29 is 142 Å². The fraction of sp³-hybridized carbons (Fsp3) is 0.513. The van der Waals surface area contributed by atoms with Crippen LogP contribution in [0, 0.1) is 5.41 Å². The Hall–Kier alpha value is -10.1. The first-order valence-corrected chi connectivity index (χ1v) is 51.6. The molecule has 30 heteroatoms. The lowest BCUT2D eigenvalue weighted by molar-refractivity contribution is -0.111. The van der Waals surface area contributed by atoms with E-state index in [4.69, 9.17) is 142 Å². The first-order chi connectivity index (χ1) is 71.3. The van der Waals surface area contributed by atoms with Crippen molar-refractivity contribution in [2.24, 2.45) is 5.41 Å². The van der Waals surface area contributed by atoms with Gasteiger partial charge in [-0.25, -0.2) is 0 Å². The molecule has 0 amide bonds. The largest absolute Gasteiger partial charge is 0.491 e. The fourth-order valence-electron chi connectivity index (χ4n) is 17.5. The maximum Gasteiger partial charge on any atom is 0.123 e. The highest BCUT2D eigenvalue weighted by Crippen LogP contribution is 2.48. The summed E-state index contributed by atoms with van der Waals surface area (Å²) in [6.07, 6.45) is 5.89. The summed E-state index contributed by atoms with van der Waals surface area (Å²) < 4.78 is 170. The third-order valence-electron chi connectivity index (χ3n) is 27.8. The molecule has 145 heavy (non-hydrogen) atoms. The van der Waals surface area contributed by atoms with Crippen LogP contribution in [0.4, 0.5) is 0 Å². The van der Waals surface area contributed by atoms with Gasteiger partial charge in [0.15, 0.2) is 0 Å². The quantitative estimate of drug-likeness (QED) is 0.0320. The molecule has 16 saturated heterocycles. The van der Waals surface area contributed by atoms with Gasteiger partial charge in [-0.3, -0.25) is 0 Å². The molecule has 10 aromatic rings. The molecule has 16 unspecified atom stereocenters. The number of epoxide rings is 16. The van der Waals surface area contributed by atoms with Crippen LogP contribution in [0.15, 0.2) is 194 Å². The lowest BCUT2D eigenvalue weighted by Gasteiger charge is -2.32. The van der Waals surface area contributed by atoms with E-state index in [-0.39, 0.29) is 108 Å². The Kier molecular flexibility index (Phi) is 31.1. The van der Waals surface area contributed by atoms with E-state index in [1.807, 2.05) is 12.1 Å². The minimum absolute atomic E-state index is 0.0140. The molecule has 0 bridgehead atoms. The molecule has 0 aromatic heterocycles. The second-order valence-corrected chi connectivity index (χ2v) is 40.9. The van der Waals surface area contributed by atoms with Crippen molar-refractivity contribution in [3.8, 4) is 57.5 Å². The molecule has 0 saturated carbocycles. The number of hydrogen-bond donors (Lipinski definition) is 0. The lowest BCUT2D eigenvalue weighted by atomic mass is 9.73. The second-order valence-electron chi connectivity index (χ2n) is 40.9. The average molecular weight is 1990 g/mol. The van der Waals surface area contributed by atoms with Gasteiger partial charge in [-0.05, 0) is 163 Å². The van der Waals surface area contributed by atoms with Gasteiger partial charge in [0.25, 0.3) is 0 Å². The van der Waals surface area contributed by atoms with Crippen LogP contribution in [0.1, 0.15) is 81.3 Å². The molecular weight excluding hydrogens is 1860 g/mol. The molecule has 16 aliphatic heterocycles. The molecule has 0 radical (unpaired) electrons. The molecular formula is C115H130O30. The Morgan fingerprint density at radius 3 is 0.697 bits per heavy atom. The molecule has 10 aromatic carbocycles. The monoisotopic (exact) mass is 1990 g/mol. The van der Waals surface area contributed by atoms with Crippen LogP contribution in [0.5, 0.6) is 57.5 Å². The highest BCUT2D eigenvalue weighted by atomic mass is 16.7. The standard InChI is InChI=1S/C38H38O8.C33H32O8.C27H32O6.C17H28O8/c1-9-29(39-17-33-21-43-33)10-2-25(1)37(26-3-11-30(12-4-26)40-18-34-22-44-34)38(27-5-13-31(14-6-27)41-19-35-23-45-35)28-7-15-32(16-8-28)42-20-36-24-46-36;1-5-22(34-12-24-14-36-24)9-28-20(1)3-7-32(40-18-26-16-38-26)30(28)11-31-29-10-23(35-13-25-15-37-25)6-2-21(29)4-8-33(31)41-19-27-17-39-27;1-27(2,19-3-5-25(32-15-23-13-30-23)17(7-19)9-21-11-28-21)20-4-6-26(33-16-24-14-31-24)18(8-20)10-22-12-29-22;1(13-5-22-13)18-9-17(10-19-2-14-6-23-14,11-20-3-15-7-24-15)12-21-4-16-8-25-16/h1-16,33-38H,17-24H2;1-10,24-27H,11-19H2;3-8,21-24H,9-16H2,1-2H3;13-16H,1-12H2. The van der Waals surface area contributed by atoms with Gasteiger partial charge < -0.3 is 142 Å². The molecule has 30 nitrogen and oxygen atoms in total. The minimum Gasteiger partial charge on any atom is -0.491 e. The summed E-state index contributed by atoms with van der Waals surface area (Å²) in [5, 5.41) is 4.40. The molecule has 16 heterocycles. The summed E-state index contributed by atoms with van der Waals surface area (Å²) in [6, 6.07) is 67.9. The third kappa shape index (κ3) is 30.2. The van der Waals surface area contributed by atoms with Crippen molar-refractivity contribution in [1.29, 1.82) is 0 Å². The Balaban J connectivity index is 0.000000109. The van der Waals surface area contributed by atoms with Gasteiger partial charge in [-0.15, -0.1) is 0 Å². The number of benzene rings is 10. The zero-order chi connectivity index (χ0) is 97.3. The Labute approximate surface area is 844 Å². The Morgan fingerprint density at radius 1 is 0.228 bits per heavy atom. The maximum absolute atomic E-state index is 6.36. The summed E-state index contributed by atoms with van der Waals surface area (Å²) in [4.78, 5) is 0. The normalized spacial score (nSPS) is 26.4. The van der Waals surface area contributed by atoms with Gasteiger partial charge >= 0.3 is 0 Å². The van der Waals surface area contributed by atoms with E-state index in [0.29, 0.717) is 138 Å². The average Bonchev–Trinajstić information content (AvgIpc) is 1.02. The van der Waals surface area contributed by atoms with Gasteiger partial charge in [0.1, 0.15) is 209 Å². The topological polar surface area (TPSA) is 330 Å². The smallest absolute Gasteiger partial charge is 0.123 e. The first-order valence-electron chi connectivity index (χ1n) is 51.6. The van der Waals surface area contributed by atoms with Crippen LogP contribution in [0.3, 0.4) is 0 Å². The summed E-state index contributed by atoms with van der Waals surface area (Å²) in [7, 11) is 0. The Bertz CT molecular complexity index is 5360. The highest BCUT2D eigenvalue weighted by molar-refractivity contribution is 5.93. The van der Waals surface area contributed by atoms with Crippen molar-refractivity contribution in [2.45, 2.75) is 148 Å². The van der Waals surface area contributed by atoms with Gasteiger partial charge in [-0.1, -0.05) is 111 Å². The van der Waals surface area contributed by atoms with Crippen molar-refractivity contribution in [3.63, 3.8) is 0 Å². The summed E-state index contributed by atoms with van der Waals surface area (Å²) >= 11 is 0. The molecule has 16 aliphatic rings. The van der Waals surface area contributed by atoms with Crippen LogP contribution in [-0.4, -0.2) is 322 Å². The number of fused-ring (bicyclic) bond motifs is 2. The molecule has 16 atom stereocenters. The molecule has 0 aliphatic carbocycles. The first kappa shape index (κ1) is 98.3. The van der Waals surface area contributed by atoms with E-state index < -0.39 is 0 Å². The minimum atomic E-state index is -0.354. The number of hydrogen-bond acceptors (Lipinski definition) is 30. The zero-order valence-electron chi connectivity index (χ0n) is 82.3. The van der Waals surface area contributed by atoms with E-state index in [2.05, 4.69) is 196 Å². The van der Waals surface area contributed by atoms with Crippen molar-refractivity contribution in [2.75, 3.05) is 225 Å². The van der Waals surface area contributed by atoms with Crippen LogP contribution >= 0.6 is 0 Å². The Morgan fingerprint density at radius 2 is 0.441 bits per heavy atom. The van der Waals surface area contributed by atoms with E-state index in [1.54, 1.807) is 0 Å². The van der Waals surface area contributed by atoms with E-state index in [1.165, 1.54) is 44.5 Å². The molecule has 0 N–H and O–H groups in total. The van der Waals surface area contributed by atoms with E-state index in [9.17, 15) is 0 Å². The molecule has 26 rings (SSSR count). The lowest BCUT2D eigenvalue weighted by Crippen LogP contribution is -2.43. The second kappa shape index (κ2) is 45.9. The molecule has 0 spiro atoms. The number of ether oxygens (including phenoxy) is 30. The van der Waals surface area contributed by atoms with Crippen molar-refractivity contribution in [3.05, 3.63) is 250 Å². The summed E-state index contributed by atoms with van der Waals surface area (Å²) in [5.41, 5.74) is 11.3. The van der Waals surface area contributed by atoms with Gasteiger partial charge in [-0.2, -0.15) is 0 Å². The van der Waals surface area contributed by atoms with Crippen LogP contribution in [-0.2, 0) is 119 Å². The predicted octanol–water partition coefficient (Wildman–Crippen LogP) is 13.5. The van der Waals surface area contributed by atoms with Crippen LogP contribution < -0.4 is 47.4 Å². The predicted molar refractivity (Wildman–Crippen MR) is 529 cm³/mol. The van der Waals surface area contributed by atoms with Gasteiger partial charge in [0.05, 0.1) is 176 Å². The SMILES string of the molecule is C(OCC(COCC1CO1)(COCC1CO1)COCC1CO1)C1CO1.CC(C)(c1ccc(OCC2CO2)c(CC2CO2)c1)c1ccc(OCC2CO2)c(CC2CO2)c1.c1cc(C(c2ccc(OCC3CO3)cc2)C(c2ccc(OCC3CO3)cc2)c2ccc(OCC3CO3)cc2)ccc1OCC1CO1.c1cc2ccc(OCC3CO3)c(Cc3c(OCC4CO4)ccc4ccc(OCC5CO5)cc34)c2cc1OCC1CO1. The van der Waals surface area contributed by atoms with Crippen molar-refractivity contribution in [1.82, 2.24) is 0 Å². The number of rotatable bonds is 59. The fourth-order valence-corrected chi connectivity index (χ4v) is 17.5. The van der Waals surface area contributed by atoms with Crippen LogP contribution in [0.2, 0.25) is 0 Å². The third-order valence-corrected chi connectivity index (χ3v) is 27.8. The molecule has 770 valence electrons. The maximum atomic E-state index is 6.36.